The van der Waals surface area contributed by atoms with Crippen molar-refractivity contribution in [3.8, 4) is 0 Å². The molecule has 4 nitrogen and oxygen atoms in total. The van der Waals surface area contributed by atoms with Crippen LogP contribution in [0.1, 0.15) is 6.92 Å². The number of hydrogen-bond donors (Lipinski definition) is 2. The van der Waals surface area contributed by atoms with Gasteiger partial charge in [0.05, 0.1) is 11.0 Å². The number of benzene rings is 1. The van der Waals surface area contributed by atoms with Crippen LogP contribution in [0.5, 0.6) is 0 Å². The lowest BCUT2D eigenvalue weighted by atomic mass is 10.3. The Hall–Kier alpha value is -0.890. The summed E-state index contributed by atoms with van der Waals surface area (Å²) >= 11 is 7.53. The van der Waals surface area contributed by atoms with Crippen molar-refractivity contribution < 1.29 is 4.79 Å². The minimum absolute atomic E-state index is 0.0223. The van der Waals surface area contributed by atoms with E-state index < -0.39 is 0 Å². The first kappa shape index (κ1) is 12.6. The Morgan fingerprint density at radius 3 is 3.06 bits per heavy atom. The van der Waals surface area contributed by atoms with Crippen LogP contribution in [0.15, 0.2) is 18.2 Å². The van der Waals surface area contributed by atoms with Gasteiger partial charge in [0, 0.05) is 23.6 Å². The summed E-state index contributed by atoms with van der Waals surface area (Å²) in [5.74, 6) is -0.0223. The molecule has 1 aromatic heterocycles. The zero-order valence-electron chi connectivity index (χ0n) is 9.29. The molecule has 0 fully saturated rings. The fourth-order valence-corrected chi connectivity index (χ4v) is 2.49. The Bertz CT molecular complexity index is 617. The van der Waals surface area contributed by atoms with E-state index in [1.54, 1.807) is 0 Å². The fourth-order valence-electron chi connectivity index (χ4n) is 1.70. The summed E-state index contributed by atoms with van der Waals surface area (Å²) in [7, 11) is 0. The molecule has 0 bridgehead atoms. The third kappa shape index (κ3) is 2.86. The summed E-state index contributed by atoms with van der Waals surface area (Å²) in [5, 5.41) is 2.77. The van der Waals surface area contributed by atoms with Crippen LogP contribution in [-0.2, 0) is 11.3 Å². The second kappa shape index (κ2) is 5.18. The Morgan fingerprint density at radius 1 is 1.59 bits per heavy atom. The minimum Gasteiger partial charge on any atom is -0.355 e. The Morgan fingerprint density at radius 2 is 2.35 bits per heavy atom. The second-order valence-electron chi connectivity index (χ2n) is 3.73. The maximum atomic E-state index is 10.8. The van der Waals surface area contributed by atoms with Crippen LogP contribution in [0, 0.1) is 8.34 Å². The Labute approximate surface area is 118 Å². The average molecular weight is 361 g/mol. The van der Waals surface area contributed by atoms with Gasteiger partial charge >= 0.3 is 0 Å². The molecule has 90 valence electrons. The smallest absolute Gasteiger partial charge is 0.216 e. The van der Waals surface area contributed by atoms with E-state index in [1.807, 2.05) is 16.7 Å². The summed E-state index contributed by atoms with van der Waals surface area (Å²) in [6, 6.07) is 6.14. The van der Waals surface area contributed by atoms with Crippen molar-refractivity contribution in [1.29, 1.82) is 0 Å². The van der Waals surface area contributed by atoms with E-state index in [-0.39, 0.29) is 5.91 Å². The number of carbonyl (C=O) groups excluding carboxylic acids is 1. The van der Waals surface area contributed by atoms with Crippen molar-refractivity contribution in [3.63, 3.8) is 0 Å². The van der Waals surface area contributed by atoms with Gasteiger partial charge in [-0.2, -0.15) is 0 Å². The van der Waals surface area contributed by atoms with E-state index in [4.69, 9.17) is 12.2 Å². The van der Waals surface area contributed by atoms with Gasteiger partial charge in [0.15, 0.2) is 4.77 Å². The normalized spacial score (nSPS) is 10.7. The third-order valence-electron chi connectivity index (χ3n) is 2.45. The highest BCUT2D eigenvalue weighted by Gasteiger charge is 2.04. The number of H-pyrrole nitrogens is 1. The predicted molar refractivity (Wildman–Crippen MR) is 78.5 cm³/mol. The molecule has 2 rings (SSSR count). The molecule has 0 spiro atoms. The van der Waals surface area contributed by atoms with Crippen LogP contribution in [-0.4, -0.2) is 22.0 Å². The molecule has 1 amide bonds. The van der Waals surface area contributed by atoms with Crippen molar-refractivity contribution >= 4 is 51.7 Å². The molecule has 0 saturated carbocycles. The molecule has 6 heteroatoms. The van der Waals surface area contributed by atoms with Crippen LogP contribution in [0.25, 0.3) is 11.0 Å². The number of fused-ring (bicyclic) bond motifs is 1. The van der Waals surface area contributed by atoms with Gasteiger partial charge in [0.1, 0.15) is 0 Å². The standard InChI is InChI=1S/C11H12IN3OS/c1-7(16)13-4-5-15-10-3-2-8(12)6-9(10)14-11(15)17/h2-3,6H,4-5H2,1H3,(H,13,16)(H,14,17). The maximum Gasteiger partial charge on any atom is 0.216 e. The number of aromatic nitrogens is 2. The van der Waals surface area contributed by atoms with Gasteiger partial charge in [-0.25, -0.2) is 0 Å². The molecular weight excluding hydrogens is 349 g/mol. The third-order valence-corrected chi connectivity index (χ3v) is 3.44. The lowest BCUT2D eigenvalue weighted by molar-refractivity contribution is -0.118. The van der Waals surface area contributed by atoms with Gasteiger partial charge in [-0.1, -0.05) is 0 Å². The highest BCUT2D eigenvalue weighted by Crippen LogP contribution is 2.17. The molecule has 0 aliphatic rings. The van der Waals surface area contributed by atoms with Gasteiger partial charge < -0.3 is 14.9 Å². The number of carbonyl (C=O) groups is 1. The van der Waals surface area contributed by atoms with E-state index in [2.05, 4.69) is 39.0 Å². The van der Waals surface area contributed by atoms with E-state index in [9.17, 15) is 4.79 Å². The molecule has 2 N–H and O–H groups in total. The van der Waals surface area contributed by atoms with Crippen LogP contribution in [0.4, 0.5) is 0 Å². The lowest BCUT2D eigenvalue weighted by Gasteiger charge is -2.05. The molecule has 0 radical (unpaired) electrons. The van der Waals surface area contributed by atoms with Gasteiger partial charge in [0.2, 0.25) is 5.91 Å². The first-order valence-corrected chi connectivity index (χ1v) is 6.69. The number of nitrogens with zero attached hydrogens (tertiary/aromatic N) is 1. The lowest BCUT2D eigenvalue weighted by Crippen LogP contribution is -2.24. The first-order valence-electron chi connectivity index (χ1n) is 5.20. The zero-order chi connectivity index (χ0) is 12.4. The van der Waals surface area contributed by atoms with E-state index in [0.717, 1.165) is 11.0 Å². The molecular formula is C11H12IN3OS. The Kier molecular flexibility index (Phi) is 3.82. The fraction of sp³-hybridized carbons (Fsp3) is 0.273. The summed E-state index contributed by atoms with van der Waals surface area (Å²) in [6.07, 6.45) is 0. The van der Waals surface area contributed by atoms with Crippen LogP contribution in [0.3, 0.4) is 0 Å². The predicted octanol–water partition coefficient (Wildman–Crippen LogP) is 2.44. The van der Waals surface area contributed by atoms with Crippen molar-refractivity contribution in [1.82, 2.24) is 14.9 Å². The highest BCUT2D eigenvalue weighted by atomic mass is 127. The van der Waals surface area contributed by atoms with Crippen molar-refractivity contribution in [3.05, 3.63) is 26.5 Å². The molecule has 1 heterocycles. The SMILES string of the molecule is CC(=O)NCCn1c(=S)[nH]c2cc(I)ccc21. The number of aromatic amines is 1. The number of halogens is 1. The van der Waals surface area contributed by atoms with Crippen molar-refractivity contribution in [2.75, 3.05) is 6.54 Å². The van der Waals surface area contributed by atoms with Gasteiger partial charge in [-0.15, -0.1) is 0 Å². The topological polar surface area (TPSA) is 49.8 Å². The van der Waals surface area contributed by atoms with Gasteiger partial charge in [0.25, 0.3) is 0 Å². The summed E-state index contributed by atoms with van der Waals surface area (Å²) in [5.41, 5.74) is 2.10. The molecule has 0 aliphatic heterocycles. The molecule has 0 atom stereocenters. The molecule has 17 heavy (non-hydrogen) atoms. The monoisotopic (exact) mass is 361 g/mol. The maximum absolute atomic E-state index is 10.8. The van der Waals surface area contributed by atoms with Crippen molar-refractivity contribution in [2.45, 2.75) is 13.5 Å². The zero-order valence-corrected chi connectivity index (χ0v) is 12.3. The van der Waals surface area contributed by atoms with Gasteiger partial charge in [-0.3, -0.25) is 4.79 Å². The summed E-state index contributed by atoms with van der Waals surface area (Å²) < 4.78 is 3.85. The van der Waals surface area contributed by atoms with Crippen LogP contribution in [0.2, 0.25) is 0 Å². The molecule has 1 aromatic carbocycles. The van der Waals surface area contributed by atoms with Crippen LogP contribution >= 0.6 is 34.8 Å². The number of hydrogen-bond acceptors (Lipinski definition) is 2. The van der Waals surface area contributed by atoms with E-state index in [0.29, 0.717) is 17.9 Å². The van der Waals surface area contributed by atoms with Crippen LogP contribution < -0.4 is 5.32 Å². The number of amides is 1. The molecule has 0 unspecified atom stereocenters. The summed E-state index contributed by atoms with van der Waals surface area (Å²) in [4.78, 5) is 14.0. The van der Waals surface area contributed by atoms with Gasteiger partial charge in [-0.05, 0) is 53.0 Å². The van der Waals surface area contributed by atoms with E-state index >= 15 is 0 Å². The number of rotatable bonds is 3. The number of imidazole rings is 1. The highest BCUT2D eigenvalue weighted by molar-refractivity contribution is 14.1. The molecule has 2 aromatic rings. The summed E-state index contributed by atoms with van der Waals surface area (Å²) in [6.45, 7) is 2.78. The second-order valence-corrected chi connectivity index (χ2v) is 5.36. The van der Waals surface area contributed by atoms with E-state index in [1.165, 1.54) is 10.5 Å². The quantitative estimate of drug-likeness (QED) is 0.652. The number of nitrogens with one attached hydrogen (secondary N) is 2. The molecule has 0 saturated heterocycles. The largest absolute Gasteiger partial charge is 0.355 e. The minimum atomic E-state index is -0.0223. The Balaban J connectivity index is 2.30. The molecule has 0 aliphatic carbocycles. The first-order chi connectivity index (χ1) is 8.08. The average Bonchev–Trinajstić information content (AvgIpc) is 2.54. The van der Waals surface area contributed by atoms with Crippen molar-refractivity contribution in [2.24, 2.45) is 0 Å².